The summed E-state index contributed by atoms with van der Waals surface area (Å²) in [6.07, 6.45) is 3.84. The lowest BCUT2D eigenvalue weighted by Gasteiger charge is -2.30. The lowest BCUT2D eigenvalue weighted by Crippen LogP contribution is -2.45. The number of hydrogen-bond acceptors (Lipinski definition) is 4. The van der Waals surface area contributed by atoms with Crippen LogP contribution in [0.15, 0.2) is 0 Å². The molecule has 0 spiro atoms. The van der Waals surface area contributed by atoms with E-state index in [1.807, 2.05) is 0 Å². The molecule has 0 bridgehead atoms. The maximum Gasteiger partial charge on any atom is 0.0510 e. The van der Waals surface area contributed by atoms with Gasteiger partial charge in [-0.3, -0.25) is 4.90 Å². The summed E-state index contributed by atoms with van der Waals surface area (Å²) in [7, 11) is 2.21. The van der Waals surface area contributed by atoms with Crippen molar-refractivity contribution in [2.45, 2.75) is 38.3 Å². The molecule has 0 aliphatic carbocycles. The van der Waals surface area contributed by atoms with Crippen LogP contribution in [0, 0.1) is 5.92 Å². The summed E-state index contributed by atoms with van der Waals surface area (Å²) in [4.78, 5) is 5.02. The monoisotopic (exact) mass is 255 g/mol. The minimum Gasteiger partial charge on any atom is -0.381 e. The van der Waals surface area contributed by atoms with Crippen molar-refractivity contribution < 1.29 is 4.74 Å². The Kier molecular flexibility index (Phi) is 5.42. The van der Waals surface area contributed by atoms with Crippen LogP contribution in [0.25, 0.3) is 0 Å². The van der Waals surface area contributed by atoms with Crippen LogP contribution >= 0.6 is 0 Å². The van der Waals surface area contributed by atoms with E-state index >= 15 is 0 Å². The number of rotatable bonds is 6. The van der Waals surface area contributed by atoms with Gasteiger partial charge in [-0.1, -0.05) is 6.92 Å². The van der Waals surface area contributed by atoms with Gasteiger partial charge < -0.3 is 15.4 Å². The molecule has 0 aromatic rings. The molecule has 0 radical (unpaired) electrons. The van der Waals surface area contributed by atoms with Gasteiger partial charge in [0.25, 0.3) is 0 Å². The lowest BCUT2D eigenvalue weighted by molar-refractivity contribution is 0.163. The maximum absolute atomic E-state index is 6.29. The first-order chi connectivity index (χ1) is 8.70. The van der Waals surface area contributed by atoms with Crippen molar-refractivity contribution in [3.63, 3.8) is 0 Å². The number of nitrogens with zero attached hydrogens (tertiary/aromatic N) is 2. The molecule has 0 saturated carbocycles. The molecule has 2 fully saturated rings. The van der Waals surface area contributed by atoms with Crippen molar-refractivity contribution >= 4 is 0 Å². The zero-order chi connectivity index (χ0) is 13.0. The number of likely N-dealkylation sites (tertiary alicyclic amines) is 1. The number of ether oxygens (including phenoxy) is 1. The maximum atomic E-state index is 6.29. The topological polar surface area (TPSA) is 41.7 Å². The van der Waals surface area contributed by atoms with Crippen molar-refractivity contribution in [2.75, 3.05) is 46.4 Å². The molecule has 3 atom stereocenters. The van der Waals surface area contributed by atoms with Crippen LogP contribution < -0.4 is 5.73 Å². The highest BCUT2D eigenvalue weighted by atomic mass is 16.5. The van der Waals surface area contributed by atoms with Crippen molar-refractivity contribution in [2.24, 2.45) is 11.7 Å². The second-order valence-electron chi connectivity index (χ2n) is 5.93. The Labute approximate surface area is 111 Å². The number of nitrogens with two attached hydrogens (primary N) is 1. The molecule has 3 unspecified atom stereocenters. The van der Waals surface area contributed by atoms with Crippen LogP contribution in [0.3, 0.4) is 0 Å². The van der Waals surface area contributed by atoms with Crippen LogP contribution in [0.5, 0.6) is 0 Å². The first-order valence-corrected chi connectivity index (χ1v) is 7.46. The van der Waals surface area contributed by atoms with Gasteiger partial charge in [0.2, 0.25) is 0 Å². The molecule has 0 aromatic heterocycles. The SMILES string of the molecule is CCN1CCCC1CN(C)CC(N)C1CCOC1. The highest BCUT2D eigenvalue weighted by Crippen LogP contribution is 2.19. The molecular weight excluding hydrogens is 226 g/mol. The zero-order valence-electron chi connectivity index (χ0n) is 12.0. The smallest absolute Gasteiger partial charge is 0.0510 e. The minimum atomic E-state index is 0.272. The highest BCUT2D eigenvalue weighted by molar-refractivity contribution is 4.83. The lowest BCUT2D eigenvalue weighted by atomic mass is 9.99. The molecule has 0 amide bonds. The van der Waals surface area contributed by atoms with E-state index in [0.29, 0.717) is 5.92 Å². The Morgan fingerprint density at radius 3 is 2.94 bits per heavy atom. The summed E-state index contributed by atoms with van der Waals surface area (Å²) in [6, 6.07) is 1.01. The van der Waals surface area contributed by atoms with Gasteiger partial charge in [-0.2, -0.15) is 0 Å². The Morgan fingerprint density at radius 2 is 2.28 bits per heavy atom. The van der Waals surface area contributed by atoms with Gasteiger partial charge in [-0.25, -0.2) is 0 Å². The van der Waals surface area contributed by atoms with Crippen molar-refractivity contribution in [1.29, 1.82) is 0 Å². The third-order valence-electron chi connectivity index (χ3n) is 4.52. The van der Waals surface area contributed by atoms with Crippen molar-refractivity contribution in [3.05, 3.63) is 0 Å². The normalized spacial score (nSPS) is 31.3. The number of likely N-dealkylation sites (N-methyl/N-ethyl adjacent to an activating group) is 2. The minimum absolute atomic E-state index is 0.272. The fourth-order valence-corrected chi connectivity index (χ4v) is 3.35. The predicted octanol–water partition coefficient (Wildman–Crippen LogP) is 0.766. The fraction of sp³-hybridized carbons (Fsp3) is 1.00. The fourth-order valence-electron chi connectivity index (χ4n) is 3.35. The molecule has 2 aliphatic rings. The molecule has 4 heteroatoms. The van der Waals surface area contributed by atoms with Crippen LogP contribution in [-0.2, 0) is 4.74 Å². The Balaban J connectivity index is 1.72. The molecule has 106 valence electrons. The van der Waals surface area contributed by atoms with Crippen LogP contribution in [-0.4, -0.2) is 68.3 Å². The number of hydrogen-bond donors (Lipinski definition) is 1. The first-order valence-electron chi connectivity index (χ1n) is 7.46. The second kappa shape index (κ2) is 6.85. The molecule has 2 N–H and O–H groups in total. The van der Waals surface area contributed by atoms with Crippen LogP contribution in [0.1, 0.15) is 26.2 Å². The molecule has 2 aliphatic heterocycles. The highest BCUT2D eigenvalue weighted by Gasteiger charge is 2.27. The second-order valence-corrected chi connectivity index (χ2v) is 5.93. The molecule has 0 aromatic carbocycles. The molecule has 2 heterocycles. The largest absolute Gasteiger partial charge is 0.381 e. The molecule has 4 nitrogen and oxygen atoms in total. The van der Waals surface area contributed by atoms with Gasteiger partial charge in [-0.15, -0.1) is 0 Å². The standard InChI is InChI=1S/C14H29N3O/c1-3-17-7-4-5-13(17)9-16(2)10-14(15)12-6-8-18-11-12/h12-14H,3-11,15H2,1-2H3. The van der Waals surface area contributed by atoms with Gasteiger partial charge in [0, 0.05) is 37.7 Å². The Morgan fingerprint density at radius 1 is 1.44 bits per heavy atom. The van der Waals surface area contributed by atoms with E-state index in [2.05, 4.69) is 23.8 Å². The van der Waals surface area contributed by atoms with Gasteiger partial charge in [0.05, 0.1) is 6.61 Å². The predicted molar refractivity (Wildman–Crippen MR) is 74.7 cm³/mol. The molecule has 2 saturated heterocycles. The van der Waals surface area contributed by atoms with Crippen molar-refractivity contribution in [3.8, 4) is 0 Å². The van der Waals surface area contributed by atoms with Gasteiger partial charge >= 0.3 is 0 Å². The average Bonchev–Trinajstić information content (AvgIpc) is 2.98. The molecular formula is C14H29N3O. The van der Waals surface area contributed by atoms with Gasteiger partial charge in [0.1, 0.15) is 0 Å². The summed E-state index contributed by atoms with van der Waals surface area (Å²) in [5, 5.41) is 0. The van der Waals surface area contributed by atoms with Crippen LogP contribution in [0.2, 0.25) is 0 Å². The zero-order valence-corrected chi connectivity index (χ0v) is 12.0. The third kappa shape index (κ3) is 3.67. The summed E-state index contributed by atoms with van der Waals surface area (Å²) < 4.78 is 5.42. The summed E-state index contributed by atoms with van der Waals surface area (Å²) >= 11 is 0. The van der Waals surface area contributed by atoms with E-state index < -0.39 is 0 Å². The first kappa shape index (κ1) is 14.3. The van der Waals surface area contributed by atoms with Crippen molar-refractivity contribution in [1.82, 2.24) is 9.80 Å². The van der Waals surface area contributed by atoms with Gasteiger partial charge in [0.15, 0.2) is 0 Å². The van der Waals surface area contributed by atoms with E-state index in [1.165, 1.54) is 25.9 Å². The van der Waals surface area contributed by atoms with Crippen LogP contribution in [0.4, 0.5) is 0 Å². The van der Waals surface area contributed by atoms with E-state index in [9.17, 15) is 0 Å². The molecule has 2 rings (SSSR count). The molecule has 18 heavy (non-hydrogen) atoms. The quantitative estimate of drug-likeness (QED) is 0.761. The van der Waals surface area contributed by atoms with E-state index in [4.69, 9.17) is 10.5 Å². The average molecular weight is 255 g/mol. The Bertz CT molecular complexity index is 243. The van der Waals surface area contributed by atoms with Gasteiger partial charge in [-0.05, 0) is 39.4 Å². The third-order valence-corrected chi connectivity index (χ3v) is 4.52. The summed E-state index contributed by atoms with van der Waals surface area (Å²) in [5.74, 6) is 0.568. The van der Waals surface area contributed by atoms with E-state index in [-0.39, 0.29) is 6.04 Å². The van der Waals surface area contributed by atoms with E-state index in [1.54, 1.807) is 0 Å². The Hall–Kier alpha value is -0.160. The summed E-state index contributed by atoms with van der Waals surface area (Å²) in [5.41, 5.74) is 6.29. The summed E-state index contributed by atoms with van der Waals surface area (Å²) in [6.45, 7) is 8.64. The van der Waals surface area contributed by atoms with E-state index in [0.717, 1.165) is 38.8 Å².